The maximum absolute atomic E-state index is 11.5. The van der Waals surface area contributed by atoms with Crippen LogP contribution in [0.3, 0.4) is 0 Å². The molecule has 0 aromatic heterocycles. The van der Waals surface area contributed by atoms with Gasteiger partial charge in [0.25, 0.3) is 0 Å². The smallest absolute Gasteiger partial charge is 0.333 e. The van der Waals surface area contributed by atoms with Crippen molar-refractivity contribution in [2.45, 2.75) is 32.5 Å². The van der Waals surface area contributed by atoms with Crippen molar-refractivity contribution < 1.29 is 13.5 Å². The number of carbonyl (C=O) groups is 1. The summed E-state index contributed by atoms with van der Waals surface area (Å²) in [5, 5.41) is 0. The minimum absolute atomic E-state index is 0.282. The van der Waals surface area contributed by atoms with Crippen molar-refractivity contribution in [1.29, 1.82) is 0 Å². The SMILES string of the molecule is C=C(C)C(=O)OC(C)c1ccc(C(C)POSS)cc1. The highest BCUT2D eigenvalue weighted by atomic mass is 33.1. The van der Waals surface area contributed by atoms with Gasteiger partial charge in [-0.05, 0) is 25.0 Å². The molecule has 3 unspecified atom stereocenters. The predicted octanol–water partition coefficient (Wildman–Crippen LogP) is 5.03. The number of carbonyl (C=O) groups excluding carboxylic acids is 1. The summed E-state index contributed by atoms with van der Waals surface area (Å²) in [7, 11) is 0.357. The zero-order chi connectivity index (χ0) is 15.1. The Morgan fingerprint density at radius 2 is 1.85 bits per heavy atom. The average Bonchev–Trinajstić information content (AvgIpc) is 2.44. The van der Waals surface area contributed by atoms with Crippen LogP contribution in [0.2, 0.25) is 0 Å². The number of ether oxygens (including phenoxy) is 1. The molecule has 0 radical (unpaired) electrons. The van der Waals surface area contributed by atoms with Crippen LogP contribution in [0.25, 0.3) is 0 Å². The fourth-order valence-electron chi connectivity index (χ4n) is 1.55. The van der Waals surface area contributed by atoms with E-state index in [9.17, 15) is 4.79 Å². The van der Waals surface area contributed by atoms with Crippen molar-refractivity contribution in [3.63, 3.8) is 0 Å². The van der Waals surface area contributed by atoms with E-state index in [0.29, 0.717) is 20.0 Å². The average molecular weight is 330 g/mol. The van der Waals surface area contributed by atoms with Gasteiger partial charge in [0, 0.05) is 20.0 Å². The lowest BCUT2D eigenvalue weighted by Crippen LogP contribution is -2.09. The first-order valence-corrected chi connectivity index (χ1v) is 8.92. The Balaban J connectivity index is 2.66. The van der Waals surface area contributed by atoms with Crippen molar-refractivity contribution in [3.05, 3.63) is 47.5 Å². The van der Waals surface area contributed by atoms with E-state index in [2.05, 4.69) is 25.2 Å². The van der Waals surface area contributed by atoms with Crippen LogP contribution in [0, 0.1) is 0 Å². The van der Waals surface area contributed by atoms with Crippen LogP contribution in [0.15, 0.2) is 36.4 Å². The van der Waals surface area contributed by atoms with E-state index in [1.165, 1.54) is 5.56 Å². The highest BCUT2D eigenvalue weighted by Crippen LogP contribution is 2.39. The summed E-state index contributed by atoms with van der Waals surface area (Å²) in [5.74, 6) is -0.365. The third-order valence-corrected chi connectivity index (χ3v) is 4.84. The molecular weight excluding hydrogens is 311 g/mol. The van der Waals surface area contributed by atoms with Gasteiger partial charge in [0.1, 0.15) is 6.10 Å². The standard InChI is InChI=1S/C14H19O3PS2/c1-9(2)14(15)16-10(3)12-5-7-13(8-6-12)11(4)18-17-20-19/h5-8,10-11,18-19H,1H2,2-4H3. The number of hydrogen-bond acceptors (Lipinski definition) is 5. The molecular formula is C14H19O3PS2. The molecule has 0 bridgehead atoms. The molecule has 6 heteroatoms. The molecule has 0 spiro atoms. The molecule has 0 aliphatic heterocycles. The molecule has 0 fully saturated rings. The van der Waals surface area contributed by atoms with E-state index in [-0.39, 0.29) is 12.1 Å². The first-order chi connectivity index (χ1) is 9.45. The lowest BCUT2D eigenvalue weighted by atomic mass is 10.1. The van der Waals surface area contributed by atoms with Crippen molar-refractivity contribution in [3.8, 4) is 0 Å². The van der Waals surface area contributed by atoms with E-state index in [4.69, 9.17) is 8.71 Å². The van der Waals surface area contributed by atoms with Gasteiger partial charge in [-0.25, -0.2) is 4.79 Å². The molecule has 110 valence electrons. The van der Waals surface area contributed by atoms with E-state index in [1.807, 2.05) is 31.2 Å². The zero-order valence-corrected chi connectivity index (χ0v) is 14.5. The minimum Gasteiger partial charge on any atom is -0.454 e. The topological polar surface area (TPSA) is 35.5 Å². The van der Waals surface area contributed by atoms with Crippen molar-refractivity contribution >= 4 is 37.5 Å². The van der Waals surface area contributed by atoms with Crippen molar-refractivity contribution in [2.24, 2.45) is 0 Å². The molecule has 3 atom stereocenters. The van der Waals surface area contributed by atoms with Crippen LogP contribution in [-0.4, -0.2) is 5.97 Å². The zero-order valence-electron chi connectivity index (χ0n) is 11.8. The van der Waals surface area contributed by atoms with Crippen LogP contribution in [0.1, 0.15) is 43.7 Å². The molecule has 3 nitrogen and oxygen atoms in total. The summed E-state index contributed by atoms with van der Waals surface area (Å²) >= 11 is 5.03. The van der Waals surface area contributed by atoms with Gasteiger partial charge >= 0.3 is 5.97 Å². The minimum atomic E-state index is -0.365. The maximum atomic E-state index is 11.5. The fourth-order valence-corrected chi connectivity index (χ4v) is 3.01. The Labute approximate surface area is 131 Å². The molecule has 1 aromatic carbocycles. The highest BCUT2D eigenvalue weighted by molar-refractivity contribution is 8.67. The second kappa shape index (κ2) is 8.73. The number of esters is 1. The van der Waals surface area contributed by atoms with Crippen LogP contribution < -0.4 is 0 Å². The van der Waals surface area contributed by atoms with E-state index >= 15 is 0 Å². The Morgan fingerprint density at radius 3 is 2.35 bits per heavy atom. The summed E-state index contributed by atoms with van der Waals surface area (Å²) in [4.78, 5) is 11.5. The first kappa shape index (κ1) is 17.6. The van der Waals surface area contributed by atoms with E-state index in [1.54, 1.807) is 6.92 Å². The Kier molecular flexibility index (Phi) is 7.67. The van der Waals surface area contributed by atoms with Gasteiger partial charge in [0.15, 0.2) is 0 Å². The molecule has 0 heterocycles. The molecule has 1 aromatic rings. The molecule has 0 aliphatic carbocycles. The third-order valence-electron chi connectivity index (χ3n) is 2.80. The van der Waals surface area contributed by atoms with Gasteiger partial charge in [-0.3, -0.25) is 3.97 Å². The summed E-state index contributed by atoms with van der Waals surface area (Å²) in [6.45, 7) is 9.16. The monoisotopic (exact) mass is 330 g/mol. The van der Waals surface area contributed by atoms with Gasteiger partial charge in [-0.2, -0.15) is 0 Å². The van der Waals surface area contributed by atoms with Gasteiger partial charge in [0.05, 0.1) is 11.1 Å². The second-order valence-electron chi connectivity index (χ2n) is 4.49. The first-order valence-electron chi connectivity index (χ1n) is 6.14. The summed E-state index contributed by atoms with van der Waals surface area (Å²) in [6, 6.07) is 8.01. The largest absolute Gasteiger partial charge is 0.454 e. The third kappa shape index (κ3) is 5.49. The second-order valence-corrected chi connectivity index (χ2v) is 6.86. The van der Waals surface area contributed by atoms with Crippen LogP contribution in [0.5, 0.6) is 0 Å². The van der Waals surface area contributed by atoms with Crippen LogP contribution in [0.4, 0.5) is 0 Å². The van der Waals surface area contributed by atoms with Crippen molar-refractivity contribution in [1.82, 2.24) is 0 Å². The van der Waals surface area contributed by atoms with Gasteiger partial charge < -0.3 is 4.74 Å². The highest BCUT2D eigenvalue weighted by Gasteiger charge is 2.13. The molecule has 1 rings (SSSR count). The Morgan fingerprint density at radius 1 is 1.30 bits per heavy atom. The van der Waals surface area contributed by atoms with Crippen LogP contribution >= 0.6 is 31.5 Å². The van der Waals surface area contributed by atoms with Gasteiger partial charge in [-0.15, -0.1) is 0 Å². The molecule has 0 N–H and O–H groups in total. The molecule has 0 saturated carbocycles. The van der Waals surface area contributed by atoms with Crippen molar-refractivity contribution in [2.75, 3.05) is 0 Å². The molecule has 0 amide bonds. The Bertz CT molecular complexity index is 462. The summed E-state index contributed by atoms with van der Waals surface area (Å²) < 4.78 is 10.5. The fraction of sp³-hybridized carbons (Fsp3) is 0.357. The van der Waals surface area contributed by atoms with Gasteiger partial charge in [0.2, 0.25) is 0 Å². The number of thiol groups is 1. The quantitative estimate of drug-likeness (QED) is 0.190. The lowest BCUT2D eigenvalue weighted by molar-refractivity contribution is -0.143. The number of rotatable bonds is 7. The summed E-state index contributed by atoms with van der Waals surface area (Å²) in [5.41, 5.74) is 2.87. The summed E-state index contributed by atoms with van der Waals surface area (Å²) in [6.07, 6.45) is -0.282. The number of benzene rings is 1. The van der Waals surface area contributed by atoms with Gasteiger partial charge in [-0.1, -0.05) is 49.4 Å². The van der Waals surface area contributed by atoms with E-state index < -0.39 is 0 Å². The molecule has 20 heavy (non-hydrogen) atoms. The number of hydrogen-bond donors (Lipinski definition) is 1. The molecule has 0 saturated heterocycles. The predicted molar refractivity (Wildman–Crippen MR) is 90.2 cm³/mol. The normalized spacial score (nSPS) is 14.2. The maximum Gasteiger partial charge on any atom is 0.333 e. The Hall–Kier alpha value is -0.480. The van der Waals surface area contributed by atoms with E-state index in [0.717, 1.165) is 16.6 Å². The van der Waals surface area contributed by atoms with Crippen LogP contribution in [-0.2, 0) is 13.5 Å². The molecule has 0 aliphatic rings. The lowest BCUT2D eigenvalue weighted by Gasteiger charge is -2.15.